The number of amides is 1. The number of hydrogen-bond acceptors (Lipinski definition) is 5. The number of primary amides is 1. The Hall–Kier alpha value is -2.76. The molecule has 5 N–H and O–H groups in total. The minimum atomic E-state index is -0.573. The zero-order valence-corrected chi connectivity index (χ0v) is 14.6. The summed E-state index contributed by atoms with van der Waals surface area (Å²) in [5.41, 5.74) is 15.4. The lowest BCUT2D eigenvalue weighted by Gasteiger charge is -2.21. The molecule has 1 heterocycles. The van der Waals surface area contributed by atoms with Crippen molar-refractivity contribution in [2.75, 3.05) is 25.5 Å². The van der Waals surface area contributed by atoms with Crippen molar-refractivity contribution in [3.63, 3.8) is 0 Å². The van der Waals surface area contributed by atoms with E-state index in [1.165, 1.54) is 12.8 Å². The lowest BCUT2D eigenvalue weighted by molar-refractivity contribution is -0.114. The zero-order chi connectivity index (χ0) is 18.0. The zero-order valence-electron chi connectivity index (χ0n) is 14.6. The third kappa shape index (κ3) is 3.84. The summed E-state index contributed by atoms with van der Waals surface area (Å²) in [5.74, 6) is 1.02. The SMILES string of the molecule is CN=C(C1=Cc2ccc(OCC3CC3)cc2NC1)/C(C(N)=O)=C(\C)N. The van der Waals surface area contributed by atoms with Gasteiger partial charge in [-0.05, 0) is 55.0 Å². The van der Waals surface area contributed by atoms with Gasteiger partial charge in [-0.15, -0.1) is 0 Å². The van der Waals surface area contributed by atoms with Crippen LogP contribution in [0.5, 0.6) is 5.75 Å². The van der Waals surface area contributed by atoms with Crippen LogP contribution in [-0.2, 0) is 4.79 Å². The number of fused-ring (bicyclic) bond motifs is 1. The molecule has 0 radical (unpaired) electrons. The molecule has 1 fully saturated rings. The number of nitrogens with zero attached hydrogens (tertiary/aromatic N) is 1. The molecule has 3 rings (SSSR count). The monoisotopic (exact) mass is 340 g/mol. The summed E-state index contributed by atoms with van der Waals surface area (Å²) in [6, 6.07) is 5.97. The number of carbonyl (C=O) groups excluding carboxylic acids is 1. The molecule has 0 spiro atoms. The van der Waals surface area contributed by atoms with Gasteiger partial charge in [-0.25, -0.2) is 0 Å². The Morgan fingerprint density at radius 2 is 2.12 bits per heavy atom. The van der Waals surface area contributed by atoms with E-state index in [-0.39, 0.29) is 5.57 Å². The lowest BCUT2D eigenvalue weighted by Crippen LogP contribution is -2.28. The number of anilines is 1. The van der Waals surface area contributed by atoms with Gasteiger partial charge in [0.05, 0.1) is 17.9 Å². The number of ether oxygens (including phenoxy) is 1. The number of benzene rings is 1. The molecule has 0 aromatic heterocycles. The van der Waals surface area contributed by atoms with E-state index in [2.05, 4.69) is 10.3 Å². The van der Waals surface area contributed by atoms with Crippen LogP contribution in [-0.4, -0.2) is 31.8 Å². The van der Waals surface area contributed by atoms with Crippen LogP contribution < -0.4 is 21.5 Å². The maximum atomic E-state index is 11.7. The standard InChI is InChI=1S/C19H24N4O2/c1-11(20)17(19(21)24)18(22-2)14-7-13-5-6-15(8-16(13)23-9-14)25-10-12-3-4-12/h5-8,12,23H,3-4,9-10,20H2,1-2H3,(H2,21,24)/b17-11-,22-18?. The van der Waals surface area contributed by atoms with E-state index in [4.69, 9.17) is 16.2 Å². The quantitative estimate of drug-likeness (QED) is 0.545. The second kappa shape index (κ2) is 7.01. The van der Waals surface area contributed by atoms with Gasteiger partial charge in [0.25, 0.3) is 5.91 Å². The Labute approximate surface area is 147 Å². The van der Waals surface area contributed by atoms with E-state index in [9.17, 15) is 4.79 Å². The molecule has 25 heavy (non-hydrogen) atoms. The van der Waals surface area contributed by atoms with Gasteiger partial charge in [0.15, 0.2) is 0 Å². The van der Waals surface area contributed by atoms with Gasteiger partial charge in [0.1, 0.15) is 5.75 Å². The fourth-order valence-electron chi connectivity index (χ4n) is 2.90. The Morgan fingerprint density at radius 3 is 2.72 bits per heavy atom. The van der Waals surface area contributed by atoms with E-state index in [1.807, 2.05) is 24.3 Å². The Morgan fingerprint density at radius 1 is 1.36 bits per heavy atom. The number of rotatable bonds is 6. The molecule has 132 valence electrons. The molecule has 0 atom stereocenters. The van der Waals surface area contributed by atoms with Crippen LogP contribution in [0.4, 0.5) is 5.69 Å². The predicted molar refractivity (Wildman–Crippen MR) is 101 cm³/mol. The van der Waals surface area contributed by atoms with Gasteiger partial charge in [-0.3, -0.25) is 9.79 Å². The van der Waals surface area contributed by atoms with E-state index in [0.717, 1.165) is 35.1 Å². The van der Waals surface area contributed by atoms with Crippen LogP contribution in [0, 0.1) is 5.92 Å². The van der Waals surface area contributed by atoms with Crippen LogP contribution in [0.3, 0.4) is 0 Å². The molecular weight excluding hydrogens is 316 g/mol. The minimum absolute atomic E-state index is 0.267. The second-order valence-electron chi connectivity index (χ2n) is 6.52. The summed E-state index contributed by atoms with van der Waals surface area (Å²) < 4.78 is 5.82. The van der Waals surface area contributed by atoms with Crippen LogP contribution in [0.1, 0.15) is 25.3 Å². The summed E-state index contributed by atoms with van der Waals surface area (Å²) in [7, 11) is 1.63. The van der Waals surface area contributed by atoms with Gasteiger partial charge in [0.2, 0.25) is 0 Å². The van der Waals surface area contributed by atoms with Crippen molar-refractivity contribution in [2.45, 2.75) is 19.8 Å². The average Bonchev–Trinajstić information content (AvgIpc) is 3.40. The molecule has 1 aromatic rings. The van der Waals surface area contributed by atoms with Crippen molar-refractivity contribution in [1.29, 1.82) is 0 Å². The summed E-state index contributed by atoms with van der Waals surface area (Å²) in [4.78, 5) is 16.0. The number of hydrogen-bond donors (Lipinski definition) is 3. The highest BCUT2D eigenvalue weighted by Crippen LogP contribution is 2.32. The maximum Gasteiger partial charge on any atom is 0.252 e. The van der Waals surface area contributed by atoms with Gasteiger partial charge in [-0.1, -0.05) is 0 Å². The number of aliphatic imine (C=N–C) groups is 1. The highest BCUT2D eigenvalue weighted by Gasteiger charge is 2.23. The number of nitrogens with one attached hydrogen (secondary N) is 1. The van der Waals surface area contributed by atoms with Crippen molar-refractivity contribution >= 4 is 23.4 Å². The van der Waals surface area contributed by atoms with Gasteiger partial charge in [-0.2, -0.15) is 0 Å². The van der Waals surface area contributed by atoms with Crippen molar-refractivity contribution in [3.8, 4) is 5.75 Å². The lowest BCUT2D eigenvalue weighted by atomic mass is 9.95. The van der Waals surface area contributed by atoms with Crippen molar-refractivity contribution in [3.05, 3.63) is 40.6 Å². The molecule has 1 aromatic carbocycles. The number of allylic oxidation sites excluding steroid dienone is 1. The molecule has 0 unspecified atom stereocenters. The number of nitrogens with two attached hydrogens (primary N) is 2. The molecule has 6 nitrogen and oxygen atoms in total. The normalized spacial score (nSPS) is 17.8. The van der Waals surface area contributed by atoms with Crippen molar-refractivity contribution in [2.24, 2.45) is 22.4 Å². The smallest absolute Gasteiger partial charge is 0.252 e. The second-order valence-corrected chi connectivity index (χ2v) is 6.52. The van der Waals surface area contributed by atoms with Gasteiger partial charge in [0, 0.05) is 31.0 Å². The molecule has 6 heteroatoms. The Bertz CT molecular complexity index is 785. The fourth-order valence-corrected chi connectivity index (χ4v) is 2.90. The van der Waals surface area contributed by atoms with Crippen molar-refractivity contribution < 1.29 is 9.53 Å². The highest BCUT2D eigenvalue weighted by molar-refractivity contribution is 6.29. The van der Waals surface area contributed by atoms with Crippen LogP contribution >= 0.6 is 0 Å². The molecule has 1 saturated carbocycles. The fraction of sp³-hybridized carbons (Fsp3) is 0.368. The van der Waals surface area contributed by atoms with E-state index in [0.29, 0.717) is 18.0 Å². The largest absolute Gasteiger partial charge is 0.493 e. The van der Waals surface area contributed by atoms with Gasteiger partial charge >= 0.3 is 0 Å². The molecule has 2 aliphatic rings. The molecule has 1 aliphatic carbocycles. The predicted octanol–water partition coefficient (Wildman–Crippen LogP) is 2.07. The van der Waals surface area contributed by atoms with Crippen LogP contribution in [0.25, 0.3) is 6.08 Å². The summed E-state index contributed by atoms with van der Waals surface area (Å²) >= 11 is 0. The summed E-state index contributed by atoms with van der Waals surface area (Å²) in [5, 5.41) is 3.36. The molecule has 0 saturated heterocycles. The Balaban J connectivity index is 1.85. The van der Waals surface area contributed by atoms with Gasteiger partial charge < -0.3 is 21.5 Å². The molecule has 0 bridgehead atoms. The first-order valence-electron chi connectivity index (χ1n) is 8.44. The molecular formula is C19H24N4O2. The summed E-state index contributed by atoms with van der Waals surface area (Å²) in [6.45, 7) is 2.98. The van der Waals surface area contributed by atoms with Crippen LogP contribution in [0.15, 0.2) is 40.0 Å². The molecule has 1 amide bonds. The average molecular weight is 340 g/mol. The first-order valence-corrected chi connectivity index (χ1v) is 8.44. The highest BCUT2D eigenvalue weighted by atomic mass is 16.5. The first-order chi connectivity index (χ1) is 12.0. The molecule has 1 aliphatic heterocycles. The van der Waals surface area contributed by atoms with E-state index in [1.54, 1.807) is 14.0 Å². The van der Waals surface area contributed by atoms with E-state index < -0.39 is 5.91 Å². The first kappa shape index (κ1) is 17.1. The minimum Gasteiger partial charge on any atom is -0.493 e. The van der Waals surface area contributed by atoms with Crippen LogP contribution in [0.2, 0.25) is 0 Å². The maximum absolute atomic E-state index is 11.7. The third-order valence-corrected chi connectivity index (χ3v) is 4.41. The topological polar surface area (TPSA) is 103 Å². The Kier molecular flexibility index (Phi) is 4.79. The third-order valence-electron chi connectivity index (χ3n) is 4.41. The van der Waals surface area contributed by atoms with Crippen molar-refractivity contribution in [1.82, 2.24) is 0 Å². The number of carbonyl (C=O) groups is 1. The summed E-state index contributed by atoms with van der Waals surface area (Å²) in [6.07, 6.45) is 4.54. The van der Waals surface area contributed by atoms with E-state index >= 15 is 0 Å².